The van der Waals surface area contributed by atoms with Crippen molar-refractivity contribution in [3.63, 3.8) is 0 Å². The summed E-state index contributed by atoms with van der Waals surface area (Å²) in [5, 5.41) is 10.6. The fourth-order valence-electron chi connectivity index (χ4n) is 1.77. The molecule has 0 heterocycles. The minimum absolute atomic E-state index is 0.0286. The quantitative estimate of drug-likeness (QED) is 0.679. The van der Waals surface area contributed by atoms with E-state index in [0.29, 0.717) is 5.56 Å². The highest BCUT2D eigenvalue weighted by Gasteiger charge is 2.11. The summed E-state index contributed by atoms with van der Waals surface area (Å²) in [5.41, 5.74) is 5.85. The van der Waals surface area contributed by atoms with Gasteiger partial charge < -0.3 is 10.5 Å². The summed E-state index contributed by atoms with van der Waals surface area (Å²) in [5.74, 6) is -1.37. The number of nitrogens with zero attached hydrogens (tertiary/aromatic N) is 1. The summed E-state index contributed by atoms with van der Waals surface area (Å²) in [4.78, 5) is 9.93. The van der Waals surface area contributed by atoms with E-state index in [1.165, 1.54) is 18.2 Å². The molecule has 5 nitrogen and oxygen atoms in total. The molecule has 7 heteroatoms. The van der Waals surface area contributed by atoms with E-state index in [2.05, 4.69) is 0 Å². The maximum Gasteiger partial charge on any atom is 0.272 e. The lowest BCUT2D eigenvalue weighted by Gasteiger charge is -2.08. The monoisotopic (exact) mass is 294 g/mol. The minimum Gasteiger partial charge on any atom is -0.486 e. The summed E-state index contributed by atoms with van der Waals surface area (Å²) in [7, 11) is 0. The number of hydrogen-bond acceptors (Lipinski definition) is 4. The van der Waals surface area contributed by atoms with Gasteiger partial charge in [-0.25, -0.2) is 8.78 Å². The van der Waals surface area contributed by atoms with Crippen molar-refractivity contribution in [2.45, 2.75) is 13.2 Å². The van der Waals surface area contributed by atoms with E-state index in [9.17, 15) is 18.9 Å². The number of benzene rings is 2. The van der Waals surface area contributed by atoms with E-state index in [0.717, 1.165) is 12.1 Å². The molecule has 2 N–H and O–H groups in total. The Balaban J connectivity index is 2.14. The van der Waals surface area contributed by atoms with Crippen LogP contribution in [-0.2, 0) is 13.2 Å². The smallest absolute Gasteiger partial charge is 0.272 e. The van der Waals surface area contributed by atoms with Crippen LogP contribution in [0.5, 0.6) is 5.75 Å². The molecule has 0 saturated heterocycles. The zero-order valence-electron chi connectivity index (χ0n) is 10.9. The molecule has 0 unspecified atom stereocenters. The van der Waals surface area contributed by atoms with Crippen molar-refractivity contribution in [3.8, 4) is 5.75 Å². The van der Waals surface area contributed by atoms with Crippen LogP contribution in [0, 0.1) is 21.7 Å². The minimum atomic E-state index is -0.748. The predicted molar refractivity (Wildman–Crippen MR) is 71.7 cm³/mol. The van der Waals surface area contributed by atoms with Crippen LogP contribution < -0.4 is 10.5 Å². The Bertz CT molecular complexity index is 677. The molecule has 0 amide bonds. The normalized spacial score (nSPS) is 10.4. The number of halogens is 2. The average molecular weight is 294 g/mol. The molecule has 2 aromatic carbocycles. The Hall–Kier alpha value is -2.54. The summed E-state index contributed by atoms with van der Waals surface area (Å²) in [6.45, 7) is 0.0186. The zero-order valence-corrected chi connectivity index (χ0v) is 10.9. The average Bonchev–Trinajstić information content (AvgIpc) is 2.45. The van der Waals surface area contributed by atoms with Crippen molar-refractivity contribution in [1.29, 1.82) is 0 Å². The van der Waals surface area contributed by atoms with Crippen LogP contribution in [0.4, 0.5) is 14.5 Å². The van der Waals surface area contributed by atoms with Gasteiger partial charge in [-0.3, -0.25) is 10.1 Å². The second-order valence-corrected chi connectivity index (χ2v) is 4.33. The third kappa shape index (κ3) is 3.73. The van der Waals surface area contributed by atoms with Crippen molar-refractivity contribution in [3.05, 3.63) is 69.3 Å². The topological polar surface area (TPSA) is 78.4 Å². The van der Waals surface area contributed by atoms with Crippen LogP contribution in [0.15, 0.2) is 36.4 Å². The van der Waals surface area contributed by atoms with Gasteiger partial charge in [-0.15, -0.1) is 0 Å². The van der Waals surface area contributed by atoms with Crippen LogP contribution in [-0.4, -0.2) is 4.92 Å². The lowest BCUT2D eigenvalue weighted by Crippen LogP contribution is -2.01. The molecule has 2 rings (SSSR count). The van der Waals surface area contributed by atoms with Gasteiger partial charge in [0.05, 0.1) is 11.0 Å². The Morgan fingerprint density at radius 1 is 1.14 bits per heavy atom. The van der Waals surface area contributed by atoms with Crippen LogP contribution in [0.3, 0.4) is 0 Å². The SMILES string of the molecule is NCc1ccc(OCc2cc(F)cc([N+](=O)[O-])c2)c(F)c1. The largest absolute Gasteiger partial charge is 0.486 e. The van der Waals surface area contributed by atoms with Crippen molar-refractivity contribution < 1.29 is 18.4 Å². The fraction of sp³-hybridized carbons (Fsp3) is 0.143. The highest BCUT2D eigenvalue weighted by molar-refractivity contribution is 5.35. The number of rotatable bonds is 5. The molecule has 0 aliphatic carbocycles. The van der Waals surface area contributed by atoms with E-state index in [1.807, 2.05) is 0 Å². The molecular formula is C14H12F2N2O3. The molecule has 21 heavy (non-hydrogen) atoms. The molecule has 0 aliphatic heterocycles. The van der Waals surface area contributed by atoms with Gasteiger partial charge in [-0.1, -0.05) is 6.07 Å². The molecule has 0 aliphatic rings. The van der Waals surface area contributed by atoms with Gasteiger partial charge >= 0.3 is 0 Å². The van der Waals surface area contributed by atoms with Crippen LogP contribution in [0.1, 0.15) is 11.1 Å². The maximum atomic E-state index is 13.7. The standard InChI is InChI=1S/C14H12F2N2O3/c15-11-3-10(4-12(6-11)18(19)20)8-21-14-2-1-9(7-17)5-13(14)16/h1-6H,7-8,17H2. The molecule has 0 saturated carbocycles. The number of nitrogens with two attached hydrogens (primary N) is 1. The van der Waals surface area contributed by atoms with Crippen LogP contribution in [0.25, 0.3) is 0 Å². The maximum absolute atomic E-state index is 13.7. The molecule has 0 bridgehead atoms. The highest BCUT2D eigenvalue weighted by Crippen LogP contribution is 2.21. The van der Waals surface area contributed by atoms with Gasteiger partial charge in [0.1, 0.15) is 12.4 Å². The van der Waals surface area contributed by atoms with Crippen molar-refractivity contribution in [2.24, 2.45) is 5.73 Å². The first-order chi connectivity index (χ1) is 9.99. The van der Waals surface area contributed by atoms with Crippen LogP contribution in [0.2, 0.25) is 0 Å². The molecule has 0 aromatic heterocycles. The highest BCUT2D eigenvalue weighted by atomic mass is 19.1. The predicted octanol–water partition coefficient (Wildman–Crippen LogP) is 2.91. The van der Waals surface area contributed by atoms with Crippen molar-refractivity contribution >= 4 is 5.69 Å². The lowest BCUT2D eigenvalue weighted by atomic mass is 10.2. The Labute approximate surface area is 119 Å². The molecule has 0 fully saturated rings. The van der Waals surface area contributed by atoms with E-state index < -0.39 is 16.6 Å². The molecule has 110 valence electrons. The van der Waals surface area contributed by atoms with E-state index in [4.69, 9.17) is 10.5 Å². The molecule has 0 spiro atoms. The van der Waals surface area contributed by atoms with E-state index in [1.54, 1.807) is 6.07 Å². The van der Waals surface area contributed by atoms with Crippen LogP contribution >= 0.6 is 0 Å². The summed E-state index contributed by atoms with van der Waals surface area (Å²) < 4.78 is 32.1. The van der Waals surface area contributed by atoms with Gasteiger partial charge in [-0.2, -0.15) is 0 Å². The lowest BCUT2D eigenvalue weighted by molar-refractivity contribution is -0.385. The molecule has 0 radical (unpaired) electrons. The van der Waals surface area contributed by atoms with Gasteiger partial charge in [0.2, 0.25) is 0 Å². The van der Waals surface area contributed by atoms with E-state index in [-0.39, 0.29) is 30.2 Å². The Kier molecular flexibility index (Phi) is 4.44. The first-order valence-corrected chi connectivity index (χ1v) is 6.04. The summed E-state index contributed by atoms with van der Waals surface area (Å²) in [6, 6.07) is 7.33. The zero-order chi connectivity index (χ0) is 15.4. The van der Waals surface area contributed by atoms with Crippen molar-refractivity contribution in [2.75, 3.05) is 0 Å². The van der Waals surface area contributed by atoms with Gasteiger partial charge in [-0.05, 0) is 29.3 Å². The Morgan fingerprint density at radius 2 is 1.90 bits per heavy atom. The van der Waals surface area contributed by atoms with Gasteiger partial charge in [0.25, 0.3) is 5.69 Å². The number of hydrogen-bond donors (Lipinski definition) is 1. The molecule has 0 atom stereocenters. The van der Waals surface area contributed by atoms with Crippen molar-refractivity contribution in [1.82, 2.24) is 0 Å². The number of ether oxygens (including phenoxy) is 1. The second kappa shape index (κ2) is 6.27. The molecule has 2 aromatic rings. The summed E-state index contributed by atoms with van der Waals surface area (Å²) in [6.07, 6.45) is 0. The third-order valence-electron chi connectivity index (χ3n) is 2.78. The van der Waals surface area contributed by atoms with Gasteiger partial charge in [0, 0.05) is 12.6 Å². The fourth-order valence-corrected chi connectivity index (χ4v) is 1.77. The Morgan fingerprint density at radius 3 is 2.52 bits per heavy atom. The second-order valence-electron chi connectivity index (χ2n) is 4.33. The third-order valence-corrected chi connectivity index (χ3v) is 2.78. The number of nitro groups is 1. The first kappa shape index (κ1) is 14.9. The van der Waals surface area contributed by atoms with Gasteiger partial charge in [0.15, 0.2) is 11.6 Å². The number of nitro benzene ring substituents is 1. The first-order valence-electron chi connectivity index (χ1n) is 6.04. The number of non-ortho nitro benzene ring substituents is 1. The van der Waals surface area contributed by atoms with E-state index >= 15 is 0 Å². The molecular weight excluding hydrogens is 282 g/mol. The summed E-state index contributed by atoms with van der Waals surface area (Å²) >= 11 is 0.